The molecule has 0 aromatic heterocycles. The number of aliphatic imine (C=N–C) groups is 2. The van der Waals surface area contributed by atoms with E-state index in [-0.39, 0.29) is 0 Å². The molecule has 6 heteroatoms. The largest absolute Gasteiger partial charge is 0.232 e. The van der Waals surface area contributed by atoms with E-state index >= 15 is 0 Å². The molecule has 4 rings (SSSR count). The summed E-state index contributed by atoms with van der Waals surface area (Å²) in [5, 5.41) is 4.96. The first kappa shape index (κ1) is 19.1. The van der Waals surface area contributed by atoms with Gasteiger partial charge in [0, 0.05) is 11.5 Å². The van der Waals surface area contributed by atoms with Gasteiger partial charge in [-0.05, 0) is 97.1 Å². The Morgan fingerprint density at radius 3 is 1.71 bits per heavy atom. The van der Waals surface area contributed by atoms with Crippen molar-refractivity contribution in [3.8, 4) is 0 Å². The fraction of sp³-hybridized carbons (Fsp3) is 0.889. The van der Waals surface area contributed by atoms with Crippen LogP contribution < -0.4 is 0 Å². The van der Waals surface area contributed by atoms with Crippen molar-refractivity contribution in [2.75, 3.05) is 36.1 Å². The predicted molar refractivity (Wildman–Crippen MR) is 114 cm³/mol. The Hall–Kier alpha value is 0.300. The maximum Gasteiger partial charge on any atom is 0.0585 e. The van der Waals surface area contributed by atoms with E-state index in [4.69, 9.17) is 0 Å². The van der Waals surface area contributed by atoms with Crippen molar-refractivity contribution in [2.45, 2.75) is 38.5 Å². The van der Waals surface area contributed by atoms with E-state index in [1.54, 1.807) is 0 Å². The number of rotatable bonds is 10. The first-order valence-electron chi connectivity index (χ1n) is 8.92. The van der Waals surface area contributed by atoms with Crippen molar-refractivity contribution in [3.05, 3.63) is 0 Å². The third-order valence-electron chi connectivity index (χ3n) is 5.94. The molecule has 4 fully saturated rings. The summed E-state index contributed by atoms with van der Waals surface area (Å²) in [6.45, 7) is 1.66. The van der Waals surface area contributed by atoms with Crippen LogP contribution in [0.4, 0.5) is 0 Å². The van der Waals surface area contributed by atoms with Crippen molar-refractivity contribution in [1.29, 1.82) is 0 Å². The smallest absolute Gasteiger partial charge is 0.0585 e. The Balaban J connectivity index is 1.55. The Morgan fingerprint density at radius 1 is 0.833 bits per heavy atom. The van der Waals surface area contributed by atoms with Gasteiger partial charge in [0.2, 0.25) is 0 Å². The molecule has 0 aliphatic heterocycles. The Bertz CT molecular complexity index is 479. The molecule has 4 bridgehead atoms. The molecule has 0 saturated heterocycles. The van der Waals surface area contributed by atoms with Crippen molar-refractivity contribution in [2.24, 2.45) is 32.7 Å². The minimum Gasteiger partial charge on any atom is -0.232 e. The second kappa shape index (κ2) is 8.79. The SMILES string of the molecule is S=C=NCCSCC12CC3CC(C1)CC(CSCCN=C=S)(C3)C2. The summed E-state index contributed by atoms with van der Waals surface area (Å²) < 4.78 is 0. The molecular formula is C18H26N2S4. The fourth-order valence-electron chi connectivity index (χ4n) is 5.88. The Morgan fingerprint density at radius 2 is 1.29 bits per heavy atom. The molecule has 0 unspecified atom stereocenters. The average molecular weight is 399 g/mol. The van der Waals surface area contributed by atoms with Crippen LogP contribution in [0.5, 0.6) is 0 Å². The second-order valence-corrected chi connectivity index (χ2v) is 10.6. The van der Waals surface area contributed by atoms with Crippen LogP contribution in [0, 0.1) is 22.7 Å². The Kier molecular flexibility index (Phi) is 6.99. The van der Waals surface area contributed by atoms with Crippen molar-refractivity contribution >= 4 is 58.3 Å². The topological polar surface area (TPSA) is 24.7 Å². The summed E-state index contributed by atoms with van der Waals surface area (Å²) >= 11 is 13.5. The van der Waals surface area contributed by atoms with Crippen LogP contribution in [0.2, 0.25) is 0 Å². The molecule has 0 spiro atoms. The zero-order chi connectivity index (χ0) is 16.9. The summed E-state index contributed by atoms with van der Waals surface area (Å²) in [5.41, 5.74) is 1.23. The summed E-state index contributed by atoms with van der Waals surface area (Å²) in [4.78, 5) is 8.11. The van der Waals surface area contributed by atoms with Gasteiger partial charge in [-0.3, -0.25) is 0 Å². The van der Waals surface area contributed by atoms with Gasteiger partial charge in [-0.1, -0.05) is 0 Å². The average Bonchev–Trinajstić information content (AvgIpc) is 2.53. The molecule has 0 atom stereocenters. The lowest BCUT2D eigenvalue weighted by molar-refractivity contribution is -0.0870. The fourth-order valence-corrected chi connectivity index (χ4v) is 8.33. The highest BCUT2D eigenvalue weighted by molar-refractivity contribution is 7.99. The quantitative estimate of drug-likeness (QED) is 0.285. The molecule has 132 valence electrons. The van der Waals surface area contributed by atoms with E-state index < -0.39 is 0 Å². The normalized spacial score (nSPS) is 36.2. The standard InChI is InChI=1S/C18H26N2S4/c21-13-19-1-3-23-11-17-6-15-5-16(7-17)9-18(8-15,10-17)12-24-4-2-20-14-22/h15-16H,1-12H2. The van der Waals surface area contributed by atoms with Crippen LogP contribution in [0.1, 0.15) is 38.5 Å². The van der Waals surface area contributed by atoms with Crippen LogP contribution >= 0.6 is 48.0 Å². The number of isothiocyanates is 2. The molecule has 4 aliphatic rings. The van der Waals surface area contributed by atoms with Gasteiger partial charge in [0.15, 0.2) is 0 Å². The van der Waals surface area contributed by atoms with Crippen LogP contribution in [0.25, 0.3) is 0 Å². The number of thioether (sulfide) groups is 2. The summed E-state index contributed by atoms with van der Waals surface area (Å²) in [6.07, 6.45) is 8.88. The summed E-state index contributed by atoms with van der Waals surface area (Å²) in [6, 6.07) is 0. The van der Waals surface area contributed by atoms with E-state index in [1.807, 2.05) is 0 Å². The van der Waals surface area contributed by atoms with Crippen LogP contribution in [0.3, 0.4) is 0 Å². The highest BCUT2D eigenvalue weighted by Crippen LogP contribution is 2.66. The van der Waals surface area contributed by atoms with E-state index in [0.717, 1.165) is 36.4 Å². The molecule has 0 aromatic rings. The van der Waals surface area contributed by atoms with Gasteiger partial charge >= 0.3 is 0 Å². The summed E-state index contributed by atoms with van der Waals surface area (Å²) in [7, 11) is 0. The lowest BCUT2D eigenvalue weighted by Gasteiger charge is -2.62. The molecule has 0 aromatic carbocycles. The molecule has 0 heterocycles. The van der Waals surface area contributed by atoms with E-state index in [9.17, 15) is 0 Å². The van der Waals surface area contributed by atoms with Crippen LogP contribution in [0.15, 0.2) is 9.98 Å². The molecule has 4 saturated carbocycles. The van der Waals surface area contributed by atoms with Crippen molar-refractivity contribution < 1.29 is 0 Å². The van der Waals surface area contributed by atoms with Crippen molar-refractivity contribution in [3.63, 3.8) is 0 Å². The predicted octanol–water partition coefficient (Wildman–Crippen LogP) is 5.25. The maximum atomic E-state index is 4.65. The molecule has 0 amide bonds. The molecular weight excluding hydrogens is 372 g/mol. The molecule has 2 nitrogen and oxygen atoms in total. The van der Waals surface area contributed by atoms with Gasteiger partial charge in [-0.2, -0.15) is 23.5 Å². The number of nitrogens with zero attached hydrogens (tertiary/aromatic N) is 2. The van der Waals surface area contributed by atoms with Crippen LogP contribution in [-0.4, -0.2) is 46.4 Å². The van der Waals surface area contributed by atoms with E-state index in [2.05, 4.69) is 68.3 Å². The number of hydrogen-bond acceptors (Lipinski definition) is 6. The highest BCUT2D eigenvalue weighted by Gasteiger charge is 2.57. The molecule has 0 radical (unpaired) electrons. The van der Waals surface area contributed by atoms with E-state index in [0.29, 0.717) is 10.8 Å². The highest BCUT2D eigenvalue weighted by atomic mass is 32.2. The minimum absolute atomic E-state index is 0.614. The van der Waals surface area contributed by atoms with Gasteiger partial charge in [0.25, 0.3) is 0 Å². The van der Waals surface area contributed by atoms with Gasteiger partial charge in [-0.25, -0.2) is 9.98 Å². The van der Waals surface area contributed by atoms with Crippen molar-refractivity contribution in [1.82, 2.24) is 0 Å². The van der Waals surface area contributed by atoms with Gasteiger partial charge in [-0.15, -0.1) is 0 Å². The first-order valence-corrected chi connectivity index (χ1v) is 12.0. The lowest BCUT2D eigenvalue weighted by Crippen LogP contribution is -2.53. The van der Waals surface area contributed by atoms with Gasteiger partial charge in [0.05, 0.1) is 23.4 Å². The minimum atomic E-state index is 0.614. The Labute approximate surface area is 165 Å². The third kappa shape index (κ3) is 4.72. The van der Waals surface area contributed by atoms with Crippen LogP contribution in [-0.2, 0) is 0 Å². The maximum absolute atomic E-state index is 4.65. The zero-order valence-corrected chi connectivity index (χ0v) is 17.4. The van der Waals surface area contributed by atoms with Gasteiger partial charge < -0.3 is 0 Å². The lowest BCUT2D eigenvalue weighted by atomic mass is 9.45. The number of thiocarbonyl (C=S) groups is 2. The monoisotopic (exact) mass is 398 g/mol. The molecule has 0 N–H and O–H groups in total. The van der Waals surface area contributed by atoms with E-state index in [1.165, 1.54) is 50.0 Å². The molecule has 24 heavy (non-hydrogen) atoms. The van der Waals surface area contributed by atoms with Gasteiger partial charge in [0.1, 0.15) is 0 Å². The number of hydrogen-bond donors (Lipinski definition) is 0. The first-order chi connectivity index (χ1) is 11.7. The zero-order valence-electron chi connectivity index (χ0n) is 14.2. The second-order valence-electron chi connectivity index (χ2n) is 8.01. The summed E-state index contributed by atoms with van der Waals surface area (Å²) in [5.74, 6) is 6.83. The third-order valence-corrected chi connectivity index (χ3v) is 8.78. The molecule has 4 aliphatic carbocycles.